The van der Waals surface area contributed by atoms with Crippen LogP contribution < -0.4 is 0 Å². The largest absolute Gasteiger partial charge is 0.337 e. The third-order valence-electron chi connectivity index (χ3n) is 6.12. The number of benzene rings is 1. The van der Waals surface area contributed by atoms with Gasteiger partial charge in [-0.2, -0.15) is 0 Å². The number of allylic oxidation sites excluding steroid dienone is 1. The van der Waals surface area contributed by atoms with Crippen LogP contribution in [0.15, 0.2) is 40.4 Å². The molecule has 2 heterocycles. The molecule has 0 saturated carbocycles. The van der Waals surface area contributed by atoms with Crippen LogP contribution in [0.3, 0.4) is 0 Å². The molecular formula is C23H29N3O2. The van der Waals surface area contributed by atoms with Gasteiger partial charge in [0, 0.05) is 42.9 Å². The van der Waals surface area contributed by atoms with Crippen LogP contribution in [0.25, 0.3) is 0 Å². The summed E-state index contributed by atoms with van der Waals surface area (Å²) in [5.41, 5.74) is 5.10. The molecule has 1 aliphatic carbocycles. The van der Waals surface area contributed by atoms with E-state index in [9.17, 15) is 9.59 Å². The summed E-state index contributed by atoms with van der Waals surface area (Å²) in [7, 11) is 2.11. The summed E-state index contributed by atoms with van der Waals surface area (Å²) in [6.45, 7) is 3.85. The molecule has 5 nitrogen and oxygen atoms in total. The predicted molar refractivity (Wildman–Crippen MR) is 111 cm³/mol. The molecule has 1 fully saturated rings. The topological polar surface area (TPSA) is 53.0 Å². The first-order valence-corrected chi connectivity index (χ1v) is 10.5. The molecular weight excluding hydrogens is 350 g/mol. The maximum atomic E-state index is 13.0. The fourth-order valence-corrected chi connectivity index (χ4v) is 4.49. The quantitative estimate of drug-likeness (QED) is 0.811. The lowest BCUT2D eigenvalue weighted by atomic mass is 9.83. The molecule has 0 radical (unpaired) electrons. The molecule has 5 heteroatoms. The number of amides is 1. The smallest absolute Gasteiger partial charge is 0.253 e. The van der Waals surface area contributed by atoms with E-state index >= 15 is 0 Å². The number of carbonyl (C=O) groups is 2. The van der Waals surface area contributed by atoms with E-state index in [1.807, 2.05) is 23.1 Å². The second kappa shape index (κ2) is 8.39. The molecule has 0 N–H and O–H groups in total. The van der Waals surface area contributed by atoms with Gasteiger partial charge in [-0.3, -0.25) is 14.6 Å². The number of ketones is 1. The number of likely N-dealkylation sites (N-methyl/N-ethyl adjacent to an activating group) is 1. The van der Waals surface area contributed by atoms with Crippen molar-refractivity contribution in [3.8, 4) is 0 Å². The van der Waals surface area contributed by atoms with Crippen molar-refractivity contribution in [2.45, 2.75) is 38.5 Å². The number of rotatable bonds is 3. The zero-order valence-corrected chi connectivity index (χ0v) is 16.7. The molecule has 1 saturated heterocycles. The van der Waals surface area contributed by atoms with Crippen molar-refractivity contribution in [3.63, 3.8) is 0 Å². The molecule has 4 rings (SSSR count). The molecule has 148 valence electrons. The Kier molecular flexibility index (Phi) is 5.72. The second-order valence-corrected chi connectivity index (χ2v) is 8.18. The van der Waals surface area contributed by atoms with Crippen molar-refractivity contribution in [3.05, 3.63) is 46.5 Å². The third kappa shape index (κ3) is 4.09. The van der Waals surface area contributed by atoms with Crippen LogP contribution in [-0.2, 0) is 11.2 Å². The van der Waals surface area contributed by atoms with Crippen LogP contribution in [0, 0.1) is 0 Å². The zero-order chi connectivity index (χ0) is 19.5. The summed E-state index contributed by atoms with van der Waals surface area (Å²) < 4.78 is 0. The molecule has 1 amide bonds. The molecule has 28 heavy (non-hydrogen) atoms. The van der Waals surface area contributed by atoms with E-state index in [0.717, 1.165) is 80.7 Å². The normalized spacial score (nSPS) is 21.2. The van der Waals surface area contributed by atoms with Gasteiger partial charge in [-0.25, -0.2) is 0 Å². The Balaban J connectivity index is 1.50. The first-order valence-electron chi connectivity index (χ1n) is 10.5. The van der Waals surface area contributed by atoms with E-state index in [4.69, 9.17) is 0 Å². The Morgan fingerprint density at radius 1 is 1.04 bits per heavy atom. The fraction of sp³-hybridized carbons (Fsp3) is 0.522. The molecule has 1 aromatic rings. The summed E-state index contributed by atoms with van der Waals surface area (Å²) in [4.78, 5) is 34.0. The van der Waals surface area contributed by atoms with Crippen LogP contribution in [-0.4, -0.2) is 67.0 Å². The average Bonchev–Trinajstić information content (AvgIpc) is 2.94. The Bertz CT molecular complexity index is 840. The lowest BCUT2D eigenvalue weighted by molar-refractivity contribution is -0.114. The highest BCUT2D eigenvalue weighted by molar-refractivity contribution is 6.14. The number of hydrogen-bond donors (Lipinski definition) is 0. The number of dihydropyridines is 1. The van der Waals surface area contributed by atoms with Crippen LogP contribution in [0.2, 0.25) is 0 Å². The van der Waals surface area contributed by atoms with Crippen LogP contribution >= 0.6 is 0 Å². The van der Waals surface area contributed by atoms with Crippen LogP contribution in [0.4, 0.5) is 0 Å². The summed E-state index contributed by atoms with van der Waals surface area (Å²) >= 11 is 0. The number of aliphatic imine (C=N–C) groups is 1. The Labute approximate surface area is 167 Å². The molecule has 0 unspecified atom stereocenters. The first kappa shape index (κ1) is 19.1. The maximum absolute atomic E-state index is 13.0. The third-order valence-corrected chi connectivity index (χ3v) is 6.12. The summed E-state index contributed by atoms with van der Waals surface area (Å²) in [6.07, 6.45) is 5.81. The van der Waals surface area contributed by atoms with E-state index in [1.165, 1.54) is 5.57 Å². The Morgan fingerprint density at radius 2 is 1.86 bits per heavy atom. The van der Waals surface area contributed by atoms with E-state index in [1.54, 1.807) is 0 Å². The van der Waals surface area contributed by atoms with Gasteiger partial charge in [-0.05, 0) is 69.0 Å². The van der Waals surface area contributed by atoms with Gasteiger partial charge in [-0.15, -0.1) is 0 Å². The van der Waals surface area contributed by atoms with Crippen LogP contribution in [0.1, 0.15) is 48.0 Å². The van der Waals surface area contributed by atoms with E-state index in [-0.39, 0.29) is 18.2 Å². The molecule has 0 bridgehead atoms. The predicted octanol–water partition coefficient (Wildman–Crippen LogP) is 2.90. The first-order chi connectivity index (χ1) is 13.6. The lowest BCUT2D eigenvalue weighted by Crippen LogP contribution is -2.34. The highest BCUT2D eigenvalue weighted by atomic mass is 16.2. The Hall–Kier alpha value is -2.27. The standard InChI is InChI=1S/C23H29N3O2/c1-25-10-5-11-26(13-12-25)23(28)18-7-4-6-17(14-18)15-21-19-8-2-3-9-20(19)22(27)16-24-21/h4,6-7,14H,2-3,5,8-13,15-16H2,1H3. The number of hydrogen-bond acceptors (Lipinski definition) is 4. The summed E-state index contributed by atoms with van der Waals surface area (Å²) in [5.74, 6) is 0.323. The van der Waals surface area contributed by atoms with Crippen molar-refractivity contribution >= 4 is 17.4 Å². The minimum absolute atomic E-state index is 0.121. The minimum atomic E-state index is 0.121. The molecule has 0 aromatic heterocycles. The van der Waals surface area contributed by atoms with Crippen molar-refractivity contribution in [1.29, 1.82) is 0 Å². The number of carbonyl (C=O) groups excluding carboxylic acids is 2. The van der Waals surface area contributed by atoms with Gasteiger partial charge < -0.3 is 9.80 Å². The van der Waals surface area contributed by atoms with E-state index < -0.39 is 0 Å². The van der Waals surface area contributed by atoms with Crippen molar-refractivity contribution < 1.29 is 9.59 Å². The van der Waals surface area contributed by atoms with Gasteiger partial charge in [0.05, 0.1) is 0 Å². The summed E-state index contributed by atoms with van der Waals surface area (Å²) in [5, 5.41) is 0. The SMILES string of the molecule is CN1CCCN(C(=O)c2cccc(CC3=NCC(=O)C4=C3CCCC4)c2)CC1. The van der Waals surface area contributed by atoms with Crippen molar-refractivity contribution in [2.75, 3.05) is 39.8 Å². The molecule has 3 aliphatic rings. The van der Waals surface area contributed by atoms with Gasteiger partial charge in [0.15, 0.2) is 5.78 Å². The zero-order valence-electron chi connectivity index (χ0n) is 16.7. The van der Waals surface area contributed by atoms with Crippen molar-refractivity contribution in [2.24, 2.45) is 4.99 Å². The fourth-order valence-electron chi connectivity index (χ4n) is 4.49. The maximum Gasteiger partial charge on any atom is 0.253 e. The van der Waals surface area contributed by atoms with Crippen LogP contribution in [0.5, 0.6) is 0 Å². The van der Waals surface area contributed by atoms with Gasteiger partial charge in [0.2, 0.25) is 0 Å². The summed E-state index contributed by atoms with van der Waals surface area (Å²) in [6, 6.07) is 7.96. The number of nitrogens with zero attached hydrogens (tertiary/aromatic N) is 3. The second-order valence-electron chi connectivity index (χ2n) is 8.18. The minimum Gasteiger partial charge on any atom is -0.337 e. The highest BCUT2D eigenvalue weighted by Gasteiger charge is 2.26. The van der Waals surface area contributed by atoms with Crippen molar-refractivity contribution in [1.82, 2.24) is 9.80 Å². The van der Waals surface area contributed by atoms with E-state index in [2.05, 4.69) is 23.0 Å². The molecule has 0 spiro atoms. The van der Waals surface area contributed by atoms with Gasteiger partial charge >= 0.3 is 0 Å². The highest BCUT2D eigenvalue weighted by Crippen LogP contribution is 2.30. The van der Waals surface area contributed by atoms with Gasteiger partial charge in [-0.1, -0.05) is 12.1 Å². The van der Waals surface area contributed by atoms with Gasteiger partial charge in [0.1, 0.15) is 6.54 Å². The average molecular weight is 380 g/mol. The molecule has 0 atom stereocenters. The molecule has 2 aliphatic heterocycles. The number of Topliss-reactive ketones (excluding diaryl/α,β-unsaturated/α-hetero) is 1. The monoisotopic (exact) mass is 379 g/mol. The Morgan fingerprint density at radius 3 is 2.71 bits per heavy atom. The van der Waals surface area contributed by atoms with E-state index in [0.29, 0.717) is 6.42 Å². The lowest BCUT2D eigenvalue weighted by Gasteiger charge is -2.24. The van der Waals surface area contributed by atoms with Gasteiger partial charge in [0.25, 0.3) is 5.91 Å². The molecule has 1 aromatic carbocycles.